The van der Waals surface area contributed by atoms with Crippen molar-refractivity contribution in [2.45, 2.75) is 32.5 Å². The summed E-state index contributed by atoms with van der Waals surface area (Å²) in [6.45, 7) is 5.58. The predicted octanol–water partition coefficient (Wildman–Crippen LogP) is 3.72. The molecule has 0 radical (unpaired) electrons. The van der Waals surface area contributed by atoms with Crippen molar-refractivity contribution in [2.75, 3.05) is 0 Å². The Morgan fingerprint density at radius 3 is 2.35 bits per heavy atom. The molecule has 0 aliphatic heterocycles. The minimum absolute atomic E-state index is 0.0576. The molecule has 0 aliphatic carbocycles. The number of aromatic amines is 1. The van der Waals surface area contributed by atoms with Gasteiger partial charge in [0.1, 0.15) is 0 Å². The fourth-order valence-corrected chi connectivity index (χ4v) is 1.86. The van der Waals surface area contributed by atoms with E-state index < -0.39 is 17.5 Å². The fourth-order valence-electron chi connectivity index (χ4n) is 1.86. The van der Waals surface area contributed by atoms with E-state index in [-0.39, 0.29) is 16.3 Å². The van der Waals surface area contributed by atoms with Gasteiger partial charge in [0, 0.05) is 22.6 Å². The van der Waals surface area contributed by atoms with Crippen LogP contribution in [0.15, 0.2) is 29.1 Å². The zero-order chi connectivity index (χ0) is 15.1. The number of rotatable bonds is 1. The number of hydrogen-bond donors (Lipinski definition) is 1. The molecule has 0 fully saturated rings. The Balaban J connectivity index is 2.72. The molecule has 2 rings (SSSR count). The summed E-state index contributed by atoms with van der Waals surface area (Å²) in [6.07, 6.45) is -4.80. The standard InChI is InChI=1S/C14H14F3NO2/c1-13(2,3)11-7-9(19)8-5-4-6-10(12(8)18-11)20-14(15,16)17/h4-7H,1-3H3,(H,18,19). The number of aromatic nitrogens is 1. The van der Waals surface area contributed by atoms with Gasteiger partial charge in [-0.15, -0.1) is 13.2 Å². The van der Waals surface area contributed by atoms with Crippen molar-refractivity contribution in [2.24, 2.45) is 0 Å². The molecule has 0 amide bonds. The largest absolute Gasteiger partial charge is 0.573 e. The first-order chi connectivity index (χ1) is 9.08. The van der Waals surface area contributed by atoms with Gasteiger partial charge in [-0.3, -0.25) is 4.79 Å². The Bertz CT molecular complexity index is 696. The zero-order valence-corrected chi connectivity index (χ0v) is 11.3. The first-order valence-corrected chi connectivity index (χ1v) is 6.00. The maximum absolute atomic E-state index is 12.4. The number of hydrogen-bond acceptors (Lipinski definition) is 2. The van der Waals surface area contributed by atoms with Gasteiger partial charge < -0.3 is 9.72 Å². The van der Waals surface area contributed by atoms with Gasteiger partial charge in [0.25, 0.3) is 0 Å². The molecule has 20 heavy (non-hydrogen) atoms. The number of ether oxygens (including phenoxy) is 1. The van der Waals surface area contributed by atoms with E-state index in [2.05, 4.69) is 9.72 Å². The van der Waals surface area contributed by atoms with Crippen molar-refractivity contribution >= 4 is 10.9 Å². The number of H-pyrrole nitrogens is 1. The van der Waals surface area contributed by atoms with Crippen LogP contribution in [-0.2, 0) is 5.41 Å². The number of fused-ring (bicyclic) bond motifs is 1. The van der Waals surface area contributed by atoms with Crippen LogP contribution in [-0.4, -0.2) is 11.3 Å². The number of nitrogens with one attached hydrogen (secondary N) is 1. The Morgan fingerprint density at radius 2 is 1.80 bits per heavy atom. The number of pyridine rings is 1. The molecule has 1 aromatic carbocycles. The molecule has 0 atom stereocenters. The lowest BCUT2D eigenvalue weighted by Crippen LogP contribution is -2.20. The second-order valence-electron chi connectivity index (χ2n) is 5.52. The molecule has 108 valence electrons. The molecular formula is C14H14F3NO2. The first-order valence-electron chi connectivity index (χ1n) is 6.00. The van der Waals surface area contributed by atoms with Crippen molar-refractivity contribution < 1.29 is 17.9 Å². The van der Waals surface area contributed by atoms with Crippen LogP contribution in [0.2, 0.25) is 0 Å². The molecule has 0 bridgehead atoms. The maximum Gasteiger partial charge on any atom is 0.573 e. The van der Waals surface area contributed by atoms with Crippen molar-refractivity contribution in [1.29, 1.82) is 0 Å². The number of para-hydroxylation sites is 1. The molecule has 0 aliphatic rings. The van der Waals surface area contributed by atoms with E-state index in [1.165, 1.54) is 24.3 Å². The lowest BCUT2D eigenvalue weighted by Gasteiger charge is -2.20. The van der Waals surface area contributed by atoms with E-state index in [4.69, 9.17) is 0 Å². The van der Waals surface area contributed by atoms with Crippen molar-refractivity contribution in [3.63, 3.8) is 0 Å². The highest BCUT2D eigenvalue weighted by Gasteiger charge is 2.32. The molecule has 0 saturated carbocycles. The van der Waals surface area contributed by atoms with Crippen molar-refractivity contribution in [1.82, 2.24) is 4.98 Å². The number of benzene rings is 1. The van der Waals surface area contributed by atoms with Crippen LogP contribution in [0.25, 0.3) is 10.9 Å². The van der Waals surface area contributed by atoms with Crippen LogP contribution in [0.5, 0.6) is 5.75 Å². The highest BCUT2D eigenvalue weighted by molar-refractivity contribution is 5.84. The molecule has 6 heteroatoms. The average molecular weight is 285 g/mol. The smallest absolute Gasteiger partial charge is 0.404 e. The summed E-state index contributed by atoms with van der Waals surface area (Å²) in [5.74, 6) is -0.404. The van der Waals surface area contributed by atoms with Gasteiger partial charge in [0.15, 0.2) is 11.2 Å². The summed E-state index contributed by atoms with van der Waals surface area (Å²) in [5.41, 5.74) is -0.120. The maximum atomic E-state index is 12.4. The van der Waals surface area contributed by atoms with Crippen LogP contribution in [0.1, 0.15) is 26.5 Å². The fraction of sp³-hybridized carbons (Fsp3) is 0.357. The van der Waals surface area contributed by atoms with Gasteiger partial charge in [0.05, 0.1) is 5.52 Å². The van der Waals surface area contributed by atoms with Crippen LogP contribution in [0.3, 0.4) is 0 Å². The van der Waals surface area contributed by atoms with Crippen molar-refractivity contribution in [3.8, 4) is 5.75 Å². The Labute approximate surface area is 113 Å². The SMILES string of the molecule is CC(C)(C)c1cc(=O)c2cccc(OC(F)(F)F)c2[nH]1. The van der Waals surface area contributed by atoms with Crippen molar-refractivity contribution in [3.05, 3.63) is 40.2 Å². The van der Waals surface area contributed by atoms with Gasteiger partial charge in [-0.05, 0) is 12.1 Å². The van der Waals surface area contributed by atoms with E-state index in [1.807, 2.05) is 20.8 Å². The molecule has 2 aromatic rings. The lowest BCUT2D eigenvalue weighted by atomic mass is 9.91. The van der Waals surface area contributed by atoms with Crippen LogP contribution >= 0.6 is 0 Å². The quantitative estimate of drug-likeness (QED) is 0.867. The molecule has 3 nitrogen and oxygen atoms in total. The first kappa shape index (κ1) is 14.4. The molecule has 0 unspecified atom stereocenters. The van der Waals surface area contributed by atoms with Gasteiger partial charge in [-0.2, -0.15) is 0 Å². The predicted molar refractivity (Wildman–Crippen MR) is 70.0 cm³/mol. The normalized spacial score (nSPS) is 12.7. The average Bonchev–Trinajstić information content (AvgIpc) is 2.26. The highest BCUT2D eigenvalue weighted by Crippen LogP contribution is 2.29. The van der Waals surface area contributed by atoms with Gasteiger partial charge in [0.2, 0.25) is 0 Å². The van der Waals surface area contributed by atoms with Gasteiger partial charge >= 0.3 is 6.36 Å². The van der Waals surface area contributed by atoms with Gasteiger partial charge in [-0.1, -0.05) is 26.8 Å². The molecule has 1 aromatic heterocycles. The summed E-state index contributed by atoms with van der Waals surface area (Å²) >= 11 is 0. The Morgan fingerprint density at radius 1 is 1.15 bits per heavy atom. The third kappa shape index (κ3) is 2.95. The van der Waals surface area contributed by atoms with E-state index in [0.717, 1.165) is 0 Å². The van der Waals surface area contributed by atoms with E-state index in [1.54, 1.807) is 0 Å². The summed E-state index contributed by atoms with van der Waals surface area (Å²) in [7, 11) is 0. The molecule has 0 saturated heterocycles. The van der Waals surface area contributed by atoms with Crippen LogP contribution in [0, 0.1) is 0 Å². The Hall–Kier alpha value is -1.98. The minimum Gasteiger partial charge on any atom is -0.404 e. The third-order valence-corrected chi connectivity index (χ3v) is 2.86. The monoisotopic (exact) mass is 285 g/mol. The van der Waals surface area contributed by atoms with Crippen LogP contribution < -0.4 is 10.2 Å². The zero-order valence-electron chi connectivity index (χ0n) is 11.3. The van der Waals surface area contributed by atoms with E-state index in [0.29, 0.717) is 5.69 Å². The minimum atomic E-state index is -4.80. The molecular weight excluding hydrogens is 271 g/mol. The molecule has 0 spiro atoms. The molecule has 1 heterocycles. The molecule has 1 N–H and O–H groups in total. The van der Waals surface area contributed by atoms with E-state index in [9.17, 15) is 18.0 Å². The third-order valence-electron chi connectivity index (χ3n) is 2.86. The second-order valence-corrected chi connectivity index (χ2v) is 5.52. The summed E-state index contributed by atoms with van der Waals surface area (Å²) in [4.78, 5) is 14.9. The number of alkyl halides is 3. The topological polar surface area (TPSA) is 42.1 Å². The van der Waals surface area contributed by atoms with Gasteiger partial charge in [-0.25, -0.2) is 0 Å². The summed E-state index contributed by atoms with van der Waals surface area (Å²) in [5, 5.41) is 0.166. The van der Waals surface area contributed by atoms with Crippen LogP contribution in [0.4, 0.5) is 13.2 Å². The Kier molecular flexibility index (Phi) is 3.28. The van der Waals surface area contributed by atoms with E-state index >= 15 is 0 Å². The lowest BCUT2D eigenvalue weighted by molar-refractivity contribution is -0.274. The summed E-state index contributed by atoms with van der Waals surface area (Å²) in [6, 6.07) is 5.40. The number of halogens is 3. The summed E-state index contributed by atoms with van der Waals surface area (Å²) < 4.78 is 41.1. The highest BCUT2D eigenvalue weighted by atomic mass is 19.4. The second kappa shape index (κ2) is 4.54.